The van der Waals surface area contributed by atoms with Crippen LogP contribution in [0, 0.1) is 0 Å². The van der Waals surface area contributed by atoms with Crippen molar-refractivity contribution in [2.45, 2.75) is 59.3 Å². The van der Waals surface area contributed by atoms with E-state index in [1.165, 1.54) is 58.2 Å². The molecule has 0 aliphatic rings. The molecule has 0 heterocycles. The topological polar surface area (TPSA) is 3.24 Å². The molecular weight excluding hydrogens is 158 g/mol. The summed E-state index contributed by atoms with van der Waals surface area (Å²) < 4.78 is 0. The molecule has 0 aliphatic carbocycles. The summed E-state index contributed by atoms with van der Waals surface area (Å²) in [6.07, 6.45) is 8.32. The number of rotatable bonds is 9. The van der Waals surface area contributed by atoms with Crippen LogP contribution in [0.25, 0.3) is 0 Å². The Morgan fingerprint density at radius 2 is 1.38 bits per heavy atom. The maximum Gasteiger partial charge on any atom is -0.00189 e. The van der Waals surface area contributed by atoms with Crippen molar-refractivity contribution in [3.8, 4) is 0 Å². The Labute approximate surface area is 84.5 Å². The minimum atomic E-state index is 1.22. The average Bonchev–Trinajstić information content (AvgIpc) is 2.16. The zero-order valence-corrected chi connectivity index (χ0v) is 9.81. The van der Waals surface area contributed by atoms with Gasteiger partial charge in [0.1, 0.15) is 0 Å². The summed E-state index contributed by atoms with van der Waals surface area (Å²) in [5.41, 5.74) is 0. The molecule has 80 valence electrons. The third kappa shape index (κ3) is 8.29. The predicted molar refractivity (Wildman–Crippen MR) is 61.2 cm³/mol. The summed E-state index contributed by atoms with van der Waals surface area (Å²) in [4.78, 5) is 2.56. The Kier molecular flexibility index (Phi) is 10.0. The summed E-state index contributed by atoms with van der Waals surface area (Å²) in [5.74, 6) is 0. The molecule has 0 fully saturated rings. The van der Waals surface area contributed by atoms with Gasteiger partial charge in [-0.25, -0.2) is 0 Å². The predicted octanol–water partition coefficient (Wildman–Crippen LogP) is 3.69. The largest absolute Gasteiger partial charge is 0.304 e. The molecule has 0 rings (SSSR count). The van der Waals surface area contributed by atoms with Gasteiger partial charge < -0.3 is 4.90 Å². The molecule has 0 aliphatic heterocycles. The van der Waals surface area contributed by atoms with E-state index in [0.717, 1.165) is 0 Å². The summed E-state index contributed by atoms with van der Waals surface area (Å²) in [7, 11) is 0. The lowest BCUT2D eigenvalue weighted by molar-refractivity contribution is 0.281. The fraction of sp³-hybridized carbons (Fsp3) is 1.00. The SMILES string of the molecule is CCCCCCCN(CC)CCC. The molecule has 0 atom stereocenters. The lowest BCUT2D eigenvalue weighted by Gasteiger charge is -2.18. The molecule has 0 aromatic heterocycles. The smallest absolute Gasteiger partial charge is 0.00189 e. The van der Waals surface area contributed by atoms with Crippen LogP contribution >= 0.6 is 0 Å². The van der Waals surface area contributed by atoms with Crippen LogP contribution in [0.3, 0.4) is 0 Å². The van der Waals surface area contributed by atoms with Gasteiger partial charge in [-0.1, -0.05) is 46.5 Å². The zero-order valence-electron chi connectivity index (χ0n) is 9.81. The summed E-state index contributed by atoms with van der Waals surface area (Å²) in [5, 5.41) is 0. The van der Waals surface area contributed by atoms with Gasteiger partial charge in [0.2, 0.25) is 0 Å². The first-order valence-corrected chi connectivity index (χ1v) is 6.07. The van der Waals surface area contributed by atoms with Crippen molar-refractivity contribution in [1.29, 1.82) is 0 Å². The van der Waals surface area contributed by atoms with Crippen LogP contribution in [-0.4, -0.2) is 24.5 Å². The van der Waals surface area contributed by atoms with Crippen LogP contribution in [0.5, 0.6) is 0 Å². The standard InChI is InChI=1S/C12H27N/c1-4-7-8-9-10-12-13(6-3)11-5-2/h4-12H2,1-3H3. The first-order valence-electron chi connectivity index (χ1n) is 6.07. The number of unbranched alkanes of at least 4 members (excludes halogenated alkanes) is 4. The zero-order chi connectivity index (χ0) is 9.94. The Morgan fingerprint density at radius 1 is 0.692 bits per heavy atom. The monoisotopic (exact) mass is 185 g/mol. The van der Waals surface area contributed by atoms with E-state index in [1.807, 2.05) is 0 Å². The van der Waals surface area contributed by atoms with E-state index in [1.54, 1.807) is 0 Å². The molecular formula is C12H27N. The van der Waals surface area contributed by atoms with E-state index in [4.69, 9.17) is 0 Å². The van der Waals surface area contributed by atoms with Gasteiger partial charge in [-0.15, -0.1) is 0 Å². The molecule has 0 saturated heterocycles. The van der Waals surface area contributed by atoms with Gasteiger partial charge >= 0.3 is 0 Å². The molecule has 0 saturated carbocycles. The minimum Gasteiger partial charge on any atom is -0.304 e. The fourth-order valence-corrected chi connectivity index (χ4v) is 1.68. The molecule has 1 heteroatoms. The summed E-state index contributed by atoms with van der Waals surface area (Å²) >= 11 is 0. The van der Waals surface area contributed by atoms with E-state index in [9.17, 15) is 0 Å². The van der Waals surface area contributed by atoms with Gasteiger partial charge in [0.05, 0.1) is 0 Å². The van der Waals surface area contributed by atoms with Crippen LogP contribution in [0.1, 0.15) is 59.3 Å². The number of hydrogen-bond acceptors (Lipinski definition) is 1. The summed E-state index contributed by atoms with van der Waals surface area (Å²) in [6, 6.07) is 0. The van der Waals surface area contributed by atoms with E-state index < -0.39 is 0 Å². The first-order chi connectivity index (χ1) is 6.35. The number of hydrogen-bond donors (Lipinski definition) is 0. The molecule has 0 amide bonds. The highest BCUT2D eigenvalue weighted by Crippen LogP contribution is 2.03. The third-order valence-corrected chi connectivity index (χ3v) is 2.56. The van der Waals surface area contributed by atoms with Gasteiger partial charge in [-0.3, -0.25) is 0 Å². The minimum absolute atomic E-state index is 1.22. The summed E-state index contributed by atoms with van der Waals surface area (Å²) in [6.45, 7) is 10.6. The molecule has 13 heavy (non-hydrogen) atoms. The van der Waals surface area contributed by atoms with E-state index in [2.05, 4.69) is 25.7 Å². The Balaban J connectivity index is 3.17. The molecule has 0 aromatic carbocycles. The Bertz CT molecular complexity index is 91.1. The third-order valence-electron chi connectivity index (χ3n) is 2.56. The van der Waals surface area contributed by atoms with Gasteiger partial charge in [0.25, 0.3) is 0 Å². The van der Waals surface area contributed by atoms with Gasteiger partial charge in [-0.2, -0.15) is 0 Å². The molecule has 0 N–H and O–H groups in total. The Morgan fingerprint density at radius 3 is 1.92 bits per heavy atom. The Hall–Kier alpha value is -0.0400. The van der Waals surface area contributed by atoms with Crippen molar-refractivity contribution in [3.63, 3.8) is 0 Å². The van der Waals surface area contributed by atoms with Crippen molar-refractivity contribution < 1.29 is 0 Å². The molecule has 1 nitrogen and oxygen atoms in total. The maximum absolute atomic E-state index is 2.56. The van der Waals surface area contributed by atoms with E-state index >= 15 is 0 Å². The molecule has 0 radical (unpaired) electrons. The molecule has 0 aromatic rings. The van der Waals surface area contributed by atoms with Crippen LogP contribution in [0.4, 0.5) is 0 Å². The number of nitrogens with zero attached hydrogens (tertiary/aromatic N) is 1. The fourth-order valence-electron chi connectivity index (χ4n) is 1.68. The average molecular weight is 185 g/mol. The van der Waals surface area contributed by atoms with Gasteiger partial charge in [0, 0.05) is 0 Å². The van der Waals surface area contributed by atoms with E-state index in [0.29, 0.717) is 0 Å². The van der Waals surface area contributed by atoms with Crippen LogP contribution < -0.4 is 0 Å². The quantitative estimate of drug-likeness (QED) is 0.495. The van der Waals surface area contributed by atoms with Crippen LogP contribution in [0.2, 0.25) is 0 Å². The normalized spacial score (nSPS) is 11.1. The van der Waals surface area contributed by atoms with Crippen molar-refractivity contribution >= 4 is 0 Å². The van der Waals surface area contributed by atoms with Gasteiger partial charge in [-0.05, 0) is 32.5 Å². The lowest BCUT2D eigenvalue weighted by Crippen LogP contribution is -2.25. The second-order valence-electron chi connectivity index (χ2n) is 3.85. The highest BCUT2D eigenvalue weighted by Gasteiger charge is 1.99. The maximum atomic E-state index is 2.56. The molecule has 0 spiro atoms. The molecule has 0 unspecified atom stereocenters. The highest BCUT2D eigenvalue weighted by atomic mass is 15.1. The van der Waals surface area contributed by atoms with Crippen LogP contribution in [-0.2, 0) is 0 Å². The van der Waals surface area contributed by atoms with Crippen molar-refractivity contribution in [2.75, 3.05) is 19.6 Å². The highest BCUT2D eigenvalue weighted by molar-refractivity contribution is 4.54. The van der Waals surface area contributed by atoms with Crippen LogP contribution in [0.15, 0.2) is 0 Å². The van der Waals surface area contributed by atoms with Crippen molar-refractivity contribution in [2.24, 2.45) is 0 Å². The molecule has 0 bridgehead atoms. The second-order valence-corrected chi connectivity index (χ2v) is 3.85. The van der Waals surface area contributed by atoms with Crippen molar-refractivity contribution in [1.82, 2.24) is 4.90 Å². The van der Waals surface area contributed by atoms with Crippen molar-refractivity contribution in [3.05, 3.63) is 0 Å². The lowest BCUT2D eigenvalue weighted by atomic mass is 10.1. The van der Waals surface area contributed by atoms with E-state index in [-0.39, 0.29) is 0 Å². The second kappa shape index (κ2) is 10.0. The first kappa shape index (κ1) is 13.0. The van der Waals surface area contributed by atoms with Gasteiger partial charge in [0.15, 0.2) is 0 Å².